The summed E-state index contributed by atoms with van der Waals surface area (Å²) in [6, 6.07) is 15.5. The first-order valence-electron chi connectivity index (χ1n) is 8.90. The van der Waals surface area contributed by atoms with Crippen molar-refractivity contribution in [2.45, 2.75) is 31.1 Å². The highest BCUT2D eigenvalue weighted by atomic mass is 35.5. The molecule has 7 heteroatoms. The lowest BCUT2D eigenvalue weighted by Gasteiger charge is -2.19. The minimum Gasteiger partial charge on any atom is -0.448 e. The van der Waals surface area contributed by atoms with Crippen LogP contribution in [0.3, 0.4) is 0 Å². The molecule has 2 aromatic carbocycles. The topological polar surface area (TPSA) is 59.9 Å². The molecule has 1 aliphatic heterocycles. The van der Waals surface area contributed by atoms with Crippen LogP contribution < -0.4 is 10.1 Å². The largest absolute Gasteiger partial charge is 0.448 e. The summed E-state index contributed by atoms with van der Waals surface area (Å²) in [4.78, 5) is 4.64. The first-order chi connectivity index (χ1) is 13.2. The smallest absolute Gasteiger partial charge is 0.247 e. The number of hydrogen-bond acceptors (Lipinski definition) is 6. The fourth-order valence-electron chi connectivity index (χ4n) is 2.84. The molecule has 0 amide bonds. The summed E-state index contributed by atoms with van der Waals surface area (Å²) in [5.41, 5.74) is 3.40. The van der Waals surface area contributed by atoms with Crippen molar-refractivity contribution in [1.29, 1.82) is 0 Å². The Morgan fingerprint density at radius 3 is 2.89 bits per heavy atom. The zero-order chi connectivity index (χ0) is 18.6. The molecule has 0 unspecified atom stereocenters. The highest BCUT2D eigenvalue weighted by molar-refractivity contribution is 7.99. The van der Waals surface area contributed by atoms with E-state index in [0.29, 0.717) is 21.8 Å². The Morgan fingerprint density at radius 2 is 2.04 bits per heavy atom. The summed E-state index contributed by atoms with van der Waals surface area (Å²) in [5, 5.41) is 13.4. The van der Waals surface area contributed by atoms with E-state index in [2.05, 4.69) is 27.4 Å². The van der Waals surface area contributed by atoms with Gasteiger partial charge in [0.1, 0.15) is 0 Å². The number of ether oxygens (including phenoxy) is 1. The Kier molecular flexibility index (Phi) is 5.45. The number of nitrogens with one attached hydrogen (secondary N) is 1. The van der Waals surface area contributed by atoms with E-state index < -0.39 is 6.23 Å². The van der Waals surface area contributed by atoms with Crippen LogP contribution in [-0.4, -0.2) is 20.9 Å². The molecular weight excluding hydrogens is 380 g/mol. The van der Waals surface area contributed by atoms with Gasteiger partial charge in [-0.25, -0.2) is 0 Å². The van der Waals surface area contributed by atoms with Gasteiger partial charge in [0.05, 0.1) is 0 Å². The fourth-order valence-corrected chi connectivity index (χ4v) is 3.90. The van der Waals surface area contributed by atoms with Crippen LogP contribution in [0, 0.1) is 0 Å². The molecule has 0 spiro atoms. The molecule has 1 aromatic heterocycles. The molecular formula is C20H19ClN4OS. The minimum absolute atomic E-state index is 0.420. The zero-order valence-electron chi connectivity index (χ0n) is 14.9. The lowest BCUT2D eigenvalue weighted by molar-refractivity contribution is 0.225. The summed E-state index contributed by atoms with van der Waals surface area (Å²) in [6.07, 6.45) is 1.83. The normalized spacial score (nSPS) is 15.1. The van der Waals surface area contributed by atoms with Crippen molar-refractivity contribution in [3.63, 3.8) is 0 Å². The maximum atomic E-state index is 6.23. The van der Waals surface area contributed by atoms with Crippen LogP contribution in [0.25, 0.3) is 11.3 Å². The van der Waals surface area contributed by atoms with E-state index in [-0.39, 0.29) is 0 Å². The first-order valence-corrected chi connectivity index (χ1v) is 10.3. The molecule has 138 valence electrons. The van der Waals surface area contributed by atoms with E-state index in [0.717, 1.165) is 35.4 Å². The third-order valence-corrected chi connectivity index (χ3v) is 5.37. The molecule has 3 aromatic rings. The van der Waals surface area contributed by atoms with Crippen LogP contribution in [0.5, 0.6) is 5.88 Å². The summed E-state index contributed by atoms with van der Waals surface area (Å²) in [7, 11) is 0. The molecule has 0 aliphatic carbocycles. The van der Waals surface area contributed by atoms with E-state index in [9.17, 15) is 0 Å². The predicted octanol–water partition coefficient (Wildman–Crippen LogP) is 5.59. The second-order valence-corrected chi connectivity index (χ2v) is 7.69. The number of benzene rings is 2. The number of halogens is 1. The number of rotatable bonds is 5. The van der Waals surface area contributed by atoms with Crippen molar-refractivity contribution >= 4 is 29.1 Å². The Bertz CT molecular complexity index is 953. The van der Waals surface area contributed by atoms with Gasteiger partial charge in [0.15, 0.2) is 11.9 Å². The van der Waals surface area contributed by atoms with Crippen LogP contribution in [0.15, 0.2) is 53.7 Å². The molecule has 0 radical (unpaired) electrons. The van der Waals surface area contributed by atoms with Gasteiger partial charge < -0.3 is 10.1 Å². The zero-order valence-corrected chi connectivity index (χ0v) is 16.4. The average molecular weight is 399 g/mol. The number of nitrogens with zero attached hydrogens (tertiary/aromatic N) is 3. The lowest BCUT2D eigenvalue weighted by atomic mass is 10.1. The van der Waals surface area contributed by atoms with Gasteiger partial charge in [-0.3, -0.25) is 0 Å². The second-order valence-electron chi connectivity index (χ2n) is 6.19. The van der Waals surface area contributed by atoms with Gasteiger partial charge in [0.2, 0.25) is 11.0 Å². The van der Waals surface area contributed by atoms with Crippen LogP contribution in [0.4, 0.5) is 5.69 Å². The Balaban J connectivity index is 1.74. The molecule has 1 aliphatic rings. The molecule has 0 saturated carbocycles. The number of thioether (sulfide) groups is 1. The van der Waals surface area contributed by atoms with E-state index >= 15 is 0 Å². The quantitative estimate of drug-likeness (QED) is 0.446. The van der Waals surface area contributed by atoms with Gasteiger partial charge in [0, 0.05) is 27.6 Å². The molecule has 2 heterocycles. The van der Waals surface area contributed by atoms with Crippen molar-refractivity contribution in [2.24, 2.45) is 0 Å². The monoisotopic (exact) mass is 398 g/mol. The van der Waals surface area contributed by atoms with E-state index in [1.807, 2.05) is 48.5 Å². The summed E-state index contributed by atoms with van der Waals surface area (Å²) >= 11 is 7.78. The molecule has 4 rings (SSSR count). The predicted molar refractivity (Wildman–Crippen MR) is 109 cm³/mol. The maximum absolute atomic E-state index is 6.23. The van der Waals surface area contributed by atoms with Crippen molar-refractivity contribution in [3.8, 4) is 17.1 Å². The number of hydrogen-bond donors (Lipinski definition) is 1. The summed E-state index contributed by atoms with van der Waals surface area (Å²) in [5.74, 6) is 1.44. The summed E-state index contributed by atoms with van der Waals surface area (Å²) < 4.78 is 6.23. The average Bonchev–Trinajstić information content (AvgIpc) is 2.85. The van der Waals surface area contributed by atoms with Gasteiger partial charge >= 0.3 is 0 Å². The van der Waals surface area contributed by atoms with E-state index in [1.165, 1.54) is 0 Å². The van der Waals surface area contributed by atoms with Crippen LogP contribution in [0.1, 0.15) is 31.6 Å². The van der Waals surface area contributed by atoms with Gasteiger partial charge in [-0.05, 0) is 24.6 Å². The number of unbranched alkanes of at least 4 members (excludes halogenated alkanes) is 1. The SMILES string of the molecule is CCCCSc1nnc2c(n1)O[C@@H](c1cccc(Cl)c1)Nc1ccccc1-2. The van der Waals surface area contributed by atoms with Gasteiger partial charge in [-0.2, -0.15) is 4.98 Å². The van der Waals surface area contributed by atoms with Crippen molar-refractivity contribution in [2.75, 3.05) is 11.1 Å². The Labute approximate surface area is 167 Å². The Morgan fingerprint density at radius 1 is 1.15 bits per heavy atom. The molecule has 1 N–H and O–H groups in total. The van der Waals surface area contributed by atoms with Crippen LogP contribution in [-0.2, 0) is 0 Å². The van der Waals surface area contributed by atoms with Gasteiger partial charge in [-0.1, -0.05) is 67.0 Å². The third kappa shape index (κ3) is 4.01. The first kappa shape index (κ1) is 18.1. The van der Waals surface area contributed by atoms with Crippen molar-refractivity contribution in [1.82, 2.24) is 15.2 Å². The fraction of sp³-hybridized carbons (Fsp3) is 0.250. The third-order valence-electron chi connectivity index (χ3n) is 4.21. The number of anilines is 1. The maximum Gasteiger partial charge on any atom is 0.247 e. The standard InChI is InChI=1S/C20H19ClN4OS/c1-2-3-11-27-20-23-19-17(24-25-20)15-9-4-5-10-16(15)22-18(26-19)13-7-6-8-14(21)12-13/h4-10,12,18,22H,2-3,11H2,1H3/t18-/m0/s1. The van der Waals surface area contributed by atoms with Gasteiger partial charge in [-0.15, -0.1) is 10.2 Å². The van der Waals surface area contributed by atoms with Crippen LogP contribution >= 0.6 is 23.4 Å². The molecule has 0 saturated heterocycles. The lowest BCUT2D eigenvalue weighted by Crippen LogP contribution is -2.17. The van der Waals surface area contributed by atoms with Crippen molar-refractivity contribution in [3.05, 3.63) is 59.1 Å². The number of para-hydroxylation sites is 1. The van der Waals surface area contributed by atoms with E-state index in [1.54, 1.807) is 11.8 Å². The van der Waals surface area contributed by atoms with Gasteiger partial charge in [0.25, 0.3) is 0 Å². The minimum atomic E-state index is -0.420. The molecule has 5 nitrogen and oxygen atoms in total. The number of fused-ring (bicyclic) bond motifs is 3. The Hall–Kier alpha value is -2.31. The van der Waals surface area contributed by atoms with Crippen molar-refractivity contribution < 1.29 is 4.74 Å². The van der Waals surface area contributed by atoms with E-state index in [4.69, 9.17) is 16.3 Å². The van der Waals surface area contributed by atoms with Crippen LogP contribution in [0.2, 0.25) is 5.02 Å². The molecule has 27 heavy (non-hydrogen) atoms. The molecule has 0 fully saturated rings. The summed E-state index contributed by atoms with van der Waals surface area (Å²) in [6.45, 7) is 2.16. The highest BCUT2D eigenvalue weighted by Crippen LogP contribution is 2.39. The molecule has 1 atom stereocenters. The molecule has 0 bridgehead atoms. The number of aromatic nitrogens is 3. The highest BCUT2D eigenvalue weighted by Gasteiger charge is 2.26. The second kappa shape index (κ2) is 8.15.